The highest BCUT2D eigenvalue weighted by Gasteiger charge is 2.39. The van der Waals surface area contributed by atoms with Gasteiger partial charge in [0, 0.05) is 12.1 Å². The topological polar surface area (TPSA) is 3.24 Å². The number of rotatable bonds is 1. The average molecular weight is 278 g/mol. The van der Waals surface area contributed by atoms with Crippen LogP contribution in [0.2, 0.25) is 0 Å². The largest absolute Gasteiger partial charge is 0.296 e. The van der Waals surface area contributed by atoms with Gasteiger partial charge < -0.3 is 0 Å². The molecule has 1 aromatic carbocycles. The molecule has 0 aliphatic carbocycles. The van der Waals surface area contributed by atoms with Crippen molar-refractivity contribution in [2.45, 2.75) is 29.8 Å². The monoisotopic (exact) mass is 277 g/mol. The molecule has 0 aromatic heterocycles. The zero-order chi connectivity index (χ0) is 11.1. The predicted molar refractivity (Wildman–Crippen MR) is 71.7 cm³/mol. The maximum absolute atomic E-state index is 3.88. The number of benzene rings is 1. The molecular weight excluding hydrogens is 262 g/mol. The summed E-state index contributed by atoms with van der Waals surface area (Å²) >= 11 is 3.88. The van der Waals surface area contributed by atoms with Crippen LogP contribution in [-0.4, -0.2) is 28.9 Å². The van der Waals surface area contributed by atoms with Crippen molar-refractivity contribution in [2.24, 2.45) is 0 Å². The number of nitrogens with zero attached hydrogens (tertiary/aromatic N) is 1. The summed E-state index contributed by atoms with van der Waals surface area (Å²) in [5.41, 5.74) is 2.85. The smallest absolute Gasteiger partial charge is 0.0554 e. The quantitative estimate of drug-likeness (QED) is 0.712. The lowest BCUT2D eigenvalue weighted by atomic mass is 9.95. The Hall–Kier alpha value is -0.600. The molecule has 0 spiro atoms. The molecule has 2 bridgehead atoms. The molecular formula is C14H16BrN. The van der Waals surface area contributed by atoms with Crippen molar-refractivity contribution >= 4 is 21.5 Å². The van der Waals surface area contributed by atoms with Crippen molar-refractivity contribution in [1.82, 2.24) is 4.90 Å². The number of fused-ring (bicyclic) bond motifs is 2. The Morgan fingerprint density at radius 3 is 2.69 bits per heavy atom. The molecule has 84 valence electrons. The zero-order valence-corrected chi connectivity index (χ0v) is 11.0. The average Bonchev–Trinajstić information content (AvgIpc) is 2.57. The van der Waals surface area contributed by atoms with E-state index in [2.05, 4.69) is 64.3 Å². The molecule has 0 N–H and O–H groups in total. The molecule has 1 saturated heterocycles. The SMILES string of the molecule is CN1[C@@H]2C=C(c3ccccc3)[C@@H](Br)[C@H]1CC2. The standard InChI is InChI=1S/C14H16BrN/c1-16-11-7-8-13(16)14(15)12(9-11)10-5-3-2-4-6-10/h2-6,9,11,13-14H,7-8H2,1H3/t11-,13+,14+/m0/s1. The molecule has 0 radical (unpaired) electrons. The van der Waals surface area contributed by atoms with E-state index < -0.39 is 0 Å². The molecule has 3 rings (SSSR count). The molecule has 2 heteroatoms. The van der Waals surface area contributed by atoms with Crippen molar-refractivity contribution in [1.29, 1.82) is 0 Å². The maximum atomic E-state index is 3.88. The van der Waals surface area contributed by atoms with Crippen LogP contribution in [0.1, 0.15) is 18.4 Å². The molecule has 0 unspecified atom stereocenters. The molecule has 3 atom stereocenters. The third-order valence-corrected chi connectivity index (χ3v) is 5.02. The minimum atomic E-state index is 0.485. The van der Waals surface area contributed by atoms with Gasteiger partial charge in [-0.05, 0) is 31.0 Å². The number of alkyl halides is 1. The highest BCUT2D eigenvalue weighted by atomic mass is 79.9. The van der Waals surface area contributed by atoms with E-state index in [1.54, 1.807) is 0 Å². The van der Waals surface area contributed by atoms with Crippen molar-refractivity contribution in [2.75, 3.05) is 7.05 Å². The van der Waals surface area contributed by atoms with Gasteiger partial charge in [-0.2, -0.15) is 0 Å². The van der Waals surface area contributed by atoms with Crippen LogP contribution < -0.4 is 0 Å². The van der Waals surface area contributed by atoms with E-state index in [0.29, 0.717) is 16.9 Å². The third-order valence-electron chi connectivity index (χ3n) is 3.92. The number of hydrogen-bond donors (Lipinski definition) is 0. The van der Waals surface area contributed by atoms with Gasteiger partial charge in [0.05, 0.1) is 4.83 Å². The van der Waals surface area contributed by atoms with Crippen LogP contribution in [0.25, 0.3) is 5.57 Å². The van der Waals surface area contributed by atoms with Crippen LogP contribution >= 0.6 is 15.9 Å². The zero-order valence-electron chi connectivity index (χ0n) is 9.44. The van der Waals surface area contributed by atoms with Gasteiger partial charge in [0.15, 0.2) is 0 Å². The Balaban J connectivity index is 2.00. The van der Waals surface area contributed by atoms with E-state index in [-0.39, 0.29) is 0 Å². The van der Waals surface area contributed by atoms with E-state index in [1.165, 1.54) is 24.0 Å². The Labute approximate surface area is 105 Å². The first-order valence-corrected chi connectivity index (χ1v) is 6.82. The van der Waals surface area contributed by atoms with Gasteiger partial charge in [-0.3, -0.25) is 4.90 Å². The lowest BCUT2D eigenvalue weighted by molar-refractivity contribution is 0.270. The Bertz CT molecular complexity index is 412. The first kappa shape index (κ1) is 10.5. The van der Waals surface area contributed by atoms with E-state index in [9.17, 15) is 0 Å². The molecule has 2 heterocycles. The summed E-state index contributed by atoms with van der Waals surface area (Å²) in [6.07, 6.45) is 5.06. The van der Waals surface area contributed by atoms with E-state index >= 15 is 0 Å². The third kappa shape index (κ3) is 1.56. The van der Waals surface area contributed by atoms with Crippen molar-refractivity contribution in [3.05, 3.63) is 42.0 Å². The minimum absolute atomic E-state index is 0.485. The molecule has 0 saturated carbocycles. The van der Waals surface area contributed by atoms with Gasteiger partial charge >= 0.3 is 0 Å². The molecule has 0 amide bonds. The van der Waals surface area contributed by atoms with Crippen molar-refractivity contribution in [3.63, 3.8) is 0 Å². The first-order chi connectivity index (χ1) is 7.77. The molecule has 1 fully saturated rings. The Kier molecular flexibility index (Phi) is 2.64. The predicted octanol–water partition coefficient (Wildman–Crippen LogP) is 3.31. The first-order valence-electron chi connectivity index (χ1n) is 5.90. The van der Waals surface area contributed by atoms with Gasteiger partial charge in [0.1, 0.15) is 0 Å². The molecule has 1 aromatic rings. The van der Waals surface area contributed by atoms with Crippen LogP contribution in [0.15, 0.2) is 36.4 Å². The summed E-state index contributed by atoms with van der Waals surface area (Å²) in [4.78, 5) is 2.99. The molecule has 1 nitrogen and oxygen atoms in total. The van der Waals surface area contributed by atoms with Crippen LogP contribution in [0, 0.1) is 0 Å². The van der Waals surface area contributed by atoms with Gasteiger partial charge in [-0.25, -0.2) is 0 Å². The van der Waals surface area contributed by atoms with E-state index in [4.69, 9.17) is 0 Å². The fourth-order valence-corrected chi connectivity index (χ4v) is 4.00. The summed E-state index contributed by atoms with van der Waals surface area (Å²) in [5.74, 6) is 0. The number of hydrogen-bond acceptors (Lipinski definition) is 1. The van der Waals surface area contributed by atoms with Gasteiger partial charge in [-0.15, -0.1) is 0 Å². The van der Waals surface area contributed by atoms with Crippen molar-refractivity contribution < 1.29 is 0 Å². The lowest BCUT2D eigenvalue weighted by Gasteiger charge is -2.34. The van der Waals surface area contributed by atoms with Crippen LogP contribution in [0.5, 0.6) is 0 Å². The normalized spacial score (nSPS) is 33.9. The summed E-state index contributed by atoms with van der Waals surface area (Å²) in [7, 11) is 2.24. The fraction of sp³-hybridized carbons (Fsp3) is 0.429. The van der Waals surface area contributed by atoms with Crippen molar-refractivity contribution in [3.8, 4) is 0 Å². The molecule has 2 aliphatic heterocycles. The summed E-state index contributed by atoms with van der Waals surface area (Å²) in [6, 6.07) is 12.1. The van der Waals surface area contributed by atoms with E-state index in [0.717, 1.165) is 0 Å². The number of likely N-dealkylation sites (N-methyl/N-ethyl adjacent to an activating group) is 1. The minimum Gasteiger partial charge on any atom is -0.296 e. The van der Waals surface area contributed by atoms with Crippen LogP contribution in [0.3, 0.4) is 0 Å². The summed E-state index contributed by atoms with van der Waals surface area (Å²) < 4.78 is 0. The molecule has 16 heavy (non-hydrogen) atoms. The van der Waals surface area contributed by atoms with Gasteiger partial charge in [0.2, 0.25) is 0 Å². The number of halogens is 1. The second kappa shape index (κ2) is 4.01. The molecule has 2 aliphatic rings. The summed E-state index contributed by atoms with van der Waals surface area (Å²) in [6.45, 7) is 0. The highest BCUT2D eigenvalue weighted by molar-refractivity contribution is 9.09. The van der Waals surface area contributed by atoms with E-state index in [1.807, 2.05) is 0 Å². The van der Waals surface area contributed by atoms with Crippen LogP contribution in [-0.2, 0) is 0 Å². The highest BCUT2D eigenvalue weighted by Crippen LogP contribution is 2.41. The summed E-state index contributed by atoms with van der Waals surface area (Å²) in [5, 5.41) is 0. The lowest BCUT2D eigenvalue weighted by Crippen LogP contribution is -2.41. The van der Waals surface area contributed by atoms with Crippen LogP contribution in [0.4, 0.5) is 0 Å². The fourth-order valence-electron chi connectivity index (χ4n) is 2.94. The maximum Gasteiger partial charge on any atom is 0.0554 e. The van der Waals surface area contributed by atoms with Gasteiger partial charge in [-0.1, -0.05) is 52.3 Å². The van der Waals surface area contributed by atoms with Gasteiger partial charge in [0.25, 0.3) is 0 Å². The Morgan fingerprint density at radius 1 is 1.19 bits per heavy atom. The second-order valence-corrected chi connectivity index (χ2v) is 5.75. The second-order valence-electron chi connectivity index (χ2n) is 4.77. The Morgan fingerprint density at radius 2 is 1.94 bits per heavy atom.